The van der Waals surface area contributed by atoms with Gasteiger partial charge < -0.3 is 15.8 Å². The zero-order valence-electron chi connectivity index (χ0n) is 12.0. The molecule has 22 heavy (non-hydrogen) atoms. The number of halogens is 2. The van der Waals surface area contributed by atoms with Crippen molar-refractivity contribution in [2.45, 2.75) is 13.3 Å². The number of anilines is 1. The minimum absolute atomic E-state index is 0.149. The lowest BCUT2D eigenvalue weighted by molar-refractivity contribution is 0.339. The number of ether oxygens (including phenoxy) is 1. The minimum Gasteiger partial charge on any atom is -0.491 e. The Bertz CT molecular complexity index is 694. The van der Waals surface area contributed by atoms with Gasteiger partial charge in [0.1, 0.15) is 11.6 Å². The molecule has 0 saturated heterocycles. The number of hydrogen-bond donors (Lipinski definition) is 2. The molecule has 6 heteroatoms. The highest BCUT2D eigenvalue weighted by Gasteiger charge is 2.13. The topological polar surface area (TPSA) is 47.3 Å². The number of benzene rings is 2. The van der Waals surface area contributed by atoms with Crippen molar-refractivity contribution in [3.8, 4) is 5.75 Å². The molecular formula is C16H16ClFN2OS. The van der Waals surface area contributed by atoms with Crippen LogP contribution in [0.3, 0.4) is 0 Å². The van der Waals surface area contributed by atoms with Gasteiger partial charge in [0.05, 0.1) is 12.3 Å². The predicted molar refractivity (Wildman–Crippen MR) is 92.2 cm³/mol. The molecule has 0 fully saturated rings. The monoisotopic (exact) mass is 338 g/mol. The van der Waals surface area contributed by atoms with Crippen LogP contribution in [-0.2, 0) is 6.42 Å². The van der Waals surface area contributed by atoms with Gasteiger partial charge in [0.2, 0.25) is 0 Å². The summed E-state index contributed by atoms with van der Waals surface area (Å²) in [6.07, 6.45) is 0.380. The number of hydrogen-bond acceptors (Lipinski definition) is 2. The molecule has 0 atom stereocenters. The Labute approximate surface area is 139 Å². The van der Waals surface area contributed by atoms with Crippen molar-refractivity contribution in [2.24, 2.45) is 5.73 Å². The summed E-state index contributed by atoms with van der Waals surface area (Å²) in [6.45, 7) is 2.36. The van der Waals surface area contributed by atoms with Gasteiger partial charge in [-0.3, -0.25) is 0 Å². The van der Waals surface area contributed by atoms with E-state index >= 15 is 0 Å². The normalized spacial score (nSPS) is 10.3. The third-order valence-corrected chi connectivity index (χ3v) is 3.38. The van der Waals surface area contributed by atoms with Crippen LogP contribution in [0.25, 0.3) is 0 Å². The third kappa shape index (κ3) is 4.08. The molecule has 0 saturated carbocycles. The maximum Gasteiger partial charge on any atom is 0.168 e. The van der Waals surface area contributed by atoms with E-state index in [2.05, 4.69) is 5.32 Å². The number of nitrogens with two attached hydrogens (primary N) is 1. The second-order valence-corrected chi connectivity index (χ2v) is 5.50. The van der Waals surface area contributed by atoms with E-state index in [0.717, 1.165) is 5.56 Å². The van der Waals surface area contributed by atoms with Crippen molar-refractivity contribution in [1.82, 2.24) is 0 Å². The van der Waals surface area contributed by atoms with Crippen LogP contribution in [0.1, 0.15) is 18.1 Å². The fraction of sp³-hybridized carbons (Fsp3) is 0.188. The van der Waals surface area contributed by atoms with Gasteiger partial charge in [0.25, 0.3) is 0 Å². The van der Waals surface area contributed by atoms with Crippen molar-refractivity contribution >= 4 is 34.6 Å². The molecule has 0 aliphatic carbocycles. The maximum atomic E-state index is 14.0. The summed E-state index contributed by atoms with van der Waals surface area (Å²) in [5, 5.41) is 3.40. The van der Waals surface area contributed by atoms with Crippen molar-refractivity contribution < 1.29 is 9.13 Å². The minimum atomic E-state index is -0.345. The molecule has 0 radical (unpaired) electrons. The Balaban J connectivity index is 2.38. The molecule has 0 spiro atoms. The van der Waals surface area contributed by atoms with E-state index in [-0.39, 0.29) is 10.9 Å². The molecule has 0 aliphatic heterocycles. The van der Waals surface area contributed by atoms with Crippen LogP contribution in [0, 0.1) is 5.82 Å². The fourth-order valence-corrected chi connectivity index (χ4v) is 2.41. The maximum absolute atomic E-state index is 14.0. The van der Waals surface area contributed by atoms with Crippen LogP contribution in [0.5, 0.6) is 5.75 Å². The second-order valence-electron chi connectivity index (χ2n) is 4.63. The summed E-state index contributed by atoms with van der Waals surface area (Å²) < 4.78 is 19.7. The zero-order chi connectivity index (χ0) is 16.1. The van der Waals surface area contributed by atoms with E-state index in [1.54, 1.807) is 12.1 Å². The third-order valence-electron chi connectivity index (χ3n) is 3.04. The highest BCUT2D eigenvalue weighted by molar-refractivity contribution is 7.80. The number of nitrogens with one attached hydrogen (secondary N) is 1. The van der Waals surface area contributed by atoms with Gasteiger partial charge in [-0.2, -0.15) is 0 Å². The number of thiocarbonyl (C=S) groups is 1. The molecule has 0 unspecified atom stereocenters. The lowest BCUT2D eigenvalue weighted by Crippen LogP contribution is -2.19. The smallest absolute Gasteiger partial charge is 0.168 e. The lowest BCUT2D eigenvalue weighted by atomic mass is 10.0. The van der Waals surface area contributed by atoms with Gasteiger partial charge in [-0.1, -0.05) is 29.8 Å². The molecule has 0 aliphatic rings. The van der Waals surface area contributed by atoms with E-state index < -0.39 is 0 Å². The van der Waals surface area contributed by atoms with Crippen molar-refractivity contribution in [1.29, 1.82) is 0 Å². The van der Waals surface area contributed by atoms with E-state index in [4.69, 9.17) is 34.3 Å². The van der Waals surface area contributed by atoms with Gasteiger partial charge in [0, 0.05) is 17.0 Å². The summed E-state index contributed by atoms with van der Waals surface area (Å²) in [4.78, 5) is 0. The van der Waals surface area contributed by atoms with Crippen LogP contribution in [0.15, 0.2) is 36.4 Å². The Morgan fingerprint density at radius 3 is 2.73 bits per heavy atom. The van der Waals surface area contributed by atoms with Crippen LogP contribution in [0.2, 0.25) is 5.02 Å². The Kier molecular flexibility index (Phi) is 5.57. The first-order valence-electron chi connectivity index (χ1n) is 6.76. The highest BCUT2D eigenvalue weighted by Crippen LogP contribution is 2.31. The van der Waals surface area contributed by atoms with E-state index in [0.29, 0.717) is 35.1 Å². The molecule has 116 valence electrons. The first-order chi connectivity index (χ1) is 10.5. The molecule has 0 aromatic heterocycles. The zero-order valence-corrected chi connectivity index (χ0v) is 13.6. The highest BCUT2D eigenvalue weighted by atomic mass is 35.5. The largest absolute Gasteiger partial charge is 0.491 e. The van der Waals surface area contributed by atoms with Gasteiger partial charge >= 0.3 is 0 Å². The Hall–Kier alpha value is -1.85. The lowest BCUT2D eigenvalue weighted by Gasteiger charge is -2.16. The summed E-state index contributed by atoms with van der Waals surface area (Å²) >= 11 is 10.6. The first-order valence-corrected chi connectivity index (χ1v) is 7.55. The average Bonchev–Trinajstić information content (AvgIpc) is 2.44. The summed E-state index contributed by atoms with van der Waals surface area (Å²) in [7, 11) is 0. The standard InChI is InChI=1S/C16H16ClFN2OS/c1-2-21-15-11(4-3-5-14(15)20-16(19)22)8-10-6-7-12(17)9-13(10)18/h3-7,9H,2,8H2,1H3,(H3,19,20,22). The summed E-state index contributed by atoms with van der Waals surface area (Å²) in [6, 6.07) is 10.2. The summed E-state index contributed by atoms with van der Waals surface area (Å²) in [5.41, 5.74) is 7.57. The van der Waals surface area contributed by atoms with Crippen LogP contribution in [0.4, 0.5) is 10.1 Å². The Morgan fingerprint density at radius 2 is 2.09 bits per heavy atom. The molecule has 0 bridgehead atoms. The molecule has 0 heterocycles. The molecule has 3 N–H and O–H groups in total. The second kappa shape index (κ2) is 7.42. The van der Waals surface area contributed by atoms with E-state index in [1.165, 1.54) is 6.07 Å². The van der Waals surface area contributed by atoms with E-state index in [1.807, 2.05) is 25.1 Å². The Morgan fingerprint density at radius 1 is 1.32 bits per heavy atom. The number of para-hydroxylation sites is 1. The van der Waals surface area contributed by atoms with Crippen molar-refractivity contribution in [3.05, 3.63) is 58.4 Å². The molecule has 0 amide bonds. The molecule has 2 rings (SSSR count). The first kappa shape index (κ1) is 16.5. The van der Waals surface area contributed by atoms with Gasteiger partial charge in [0.15, 0.2) is 5.11 Å². The number of rotatable bonds is 5. The van der Waals surface area contributed by atoms with E-state index in [9.17, 15) is 4.39 Å². The molecule has 3 nitrogen and oxygen atoms in total. The van der Waals surface area contributed by atoms with Gasteiger partial charge in [-0.05, 0) is 42.9 Å². The molecular weight excluding hydrogens is 323 g/mol. The molecule has 2 aromatic carbocycles. The van der Waals surface area contributed by atoms with Crippen LogP contribution >= 0.6 is 23.8 Å². The fourth-order valence-electron chi connectivity index (χ4n) is 2.14. The summed E-state index contributed by atoms with van der Waals surface area (Å²) in [5.74, 6) is 0.273. The van der Waals surface area contributed by atoms with Crippen molar-refractivity contribution in [2.75, 3.05) is 11.9 Å². The van der Waals surface area contributed by atoms with Gasteiger partial charge in [-0.25, -0.2) is 4.39 Å². The average molecular weight is 339 g/mol. The van der Waals surface area contributed by atoms with Crippen molar-refractivity contribution in [3.63, 3.8) is 0 Å². The van der Waals surface area contributed by atoms with Gasteiger partial charge in [-0.15, -0.1) is 0 Å². The van der Waals surface area contributed by atoms with Crippen LogP contribution < -0.4 is 15.8 Å². The molecule has 2 aromatic rings. The SMILES string of the molecule is CCOc1c(Cc2ccc(Cl)cc2F)cccc1NC(N)=S. The van der Waals surface area contributed by atoms with Crippen LogP contribution in [-0.4, -0.2) is 11.7 Å². The quantitative estimate of drug-likeness (QED) is 0.805. The predicted octanol–water partition coefficient (Wildman–Crippen LogP) is 4.12.